The van der Waals surface area contributed by atoms with Gasteiger partial charge >= 0.3 is 0 Å². The summed E-state index contributed by atoms with van der Waals surface area (Å²) in [5.74, 6) is 0.0138. The summed E-state index contributed by atoms with van der Waals surface area (Å²) < 4.78 is 0. The van der Waals surface area contributed by atoms with Crippen LogP contribution in [0.3, 0.4) is 0 Å². The van der Waals surface area contributed by atoms with Crippen molar-refractivity contribution in [3.05, 3.63) is 23.3 Å². The minimum Gasteiger partial charge on any atom is -0.507 e. The number of hydrogen-bond acceptors (Lipinski definition) is 3. The fraction of sp³-hybridized carbons (Fsp3) is 0.562. The normalized spacial score (nSPS) is 17.8. The first-order valence-corrected chi connectivity index (χ1v) is 7.23. The number of benzene rings is 1. The fourth-order valence-electron chi connectivity index (χ4n) is 2.85. The molecule has 0 spiro atoms. The summed E-state index contributed by atoms with van der Waals surface area (Å²) in [5, 5.41) is 23.0. The first kappa shape index (κ1) is 14.9. The number of rotatable bonds is 3. The number of hydrogen-bond donors (Lipinski definition) is 3. The highest BCUT2D eigenvalue weighted by Gasteiger charge is 2.31. The Morgan fingerprint density at radius 2 is 1.90 bits per heavy atom. The Balaban J connectivity index is 2.03. The molecule has 0 radical (unpaired) electrons. The van der Waals surface area contributed by atoms with E-state index in [4.69, 9.17) is 0 Å². The minimum absolute atomic E-state index is 0.126. The molecule has 4 heteroatoms. The van der Waals surface area contributed by atoms with Gasteiger partial charge in [-0.15, -0.1) is 0 Å². The van der Waals surface area contributed by atoms with Crippen LogP contribution in [0.15, 0.2) is 12.1 Å². The van der Waals surface area contributed by atoms with E-state index >= 15 is 0 Å². The molecule has 1 aromatic rings. The van der Waals surface area contributed by atoms with Crippen LogP contribution >= 0.6 is 0 Å². The predicted molar refractivity (Wildman–Crippen MR) is 78.9 cm³/mol. The first-order chi connectivity index (χ1) is 9.41. The molecule has 20 heavy (non-hydrogen) atoms. The summed E-state index contributed by atoms with van der Waals surface area (Å²) in [6.07, 6.45) is 4.61. The van der Waals surface area contributed by atoms with Crippen LogP contribution in [0.2, 0.25) is 0 Å². The van der Waals surface area contributed by atoms with Gasteiger partial charge in [0.05, 0.1) is 12.0 Å². The number of carbonyl (C=O) groups excluding carboxylic acids is 1. The number of carbonyl (C=O) groups is 1. The third-order valence-corrected chi connectivity index (χ3v) is 4.18. The van der Waals surface area contributed by atoms with E-state index in [1.54, 1.807) is 19.1 Å². The Labute approximate surface area is 119 Å². The number of aromatic hydroxyl groups is 1. The topological polar surface area (TPSA) is 69.6 Å². The Morgan fingerprint density at radius 3 is 2.55 bits per heavy atom. The lowest BCUT2D eigenvalue weighted by atomic mass is 9.82. The number of amides is 1. The number of phenolic OH excluding ortho intramolecular Hbond substituents is 1. The highest BCUT2D eigenvalue weighted by atomic mass is 16.3. The maximum Gasteiger partial charge on any atom is 0.227 e. The molecule has 0 bridgehead atoms. The van der Waals surface area contributed by atoms with E-state index < -0.39 is 5.60 Å². The average molecular weight is 277 g/mol. The van der Waals surface area contributed by atoms with Crippen molar-refractivity contribution >= 4 is 11.6 Å². The van der Waals surface area contributed by atoms with Crippen molar-refractivity contribution in [1.29, 1.82) is 0 Å². The second-order valence-corrected chi connectivity index (χ2v) is 5.91. The summed E-state index contributed by atoms with van der Waals surface area (Å²) in [6, 6.07) is 3.56. The van der Waals surface area contributed by atoms with Crippen molar-refractivity contribution in [2.45, 2.75) is 58.0 Å². The largest absolute Gasteiger partial charge is 0.507 e. The van der Waals surface area contributed by atoms with Gasteiger partial charge in [0.2, 0.25) is 5.91 Å². The number of nitrogens with one attached hydrogen (secondary N) is 1. The van der Waals surface area contributed by atoms with Gasteiger partial charge in [-0.25, -0.2) is 0 Å². The first-order valence-electron chi connectivity index (χ1n) is 7.23. The maximum absolute atomic E-state index is 12.1. The Morgan fingerprint density at radius 1 is 1.25 bits per heavy atom. The molecular formula is C16H23NO3. The van der Waals surface area contributed by atoms with Crippen molar-refractivity contribution in [2.24, 2.45) is 0 Å². The van der Waals surface area contributed by atoms with E-state index in [0.717, 1.165) is 24.8 Å². The summed E-state index contributed by atoms with van der Waals surface area (Å²) >= 11 is 0. The van der Waals surface area contributed by atoms with Gasteiger partial charge in [-0.2, -0.15) is 0 Å². The van der Waals surface area contributed by atoms with Crippen molar-refractivity contribution in [2.75, 3.05) is 5.32 Å². The minimum atomic E-state index is -0.858. The zero-order valence-electron chi connectivity index (χ0n) is 12.2. The van der Waals surface area contributed by atoms with Crippen LogP contribution in [0.1, 0.15) is 49.7 Å². The molecular weight excluding hydrogens is 254 g/mol. The Kier molecular flexibility index (Phi) is 4.33. The lowest BCUT2D eigenvalue weighted by Gasteiger charge is -2.31. The van der Waals surface area contributed by atoms with Gasteiger partial charge in [0, 0.05) is 11.3 Å². The van der Waals surface area contributed by atoms with Gasteiger partial charge in [0.1, 0.15) is 5.75 Å². The highest BCUT2D eigenvalue weighted by molar-refractivity contribution is 5.92. The molecule has 1 amide bonds. The van der Waals surface area contributed by atoms with Crippen LogP contribution in [0.25, 0.3) is 0 Å². The smallest absolute Gasteiger partial charge is 0.227 e. The summed E-state index contributed by atoms with van der Waals surface area (Å²) in [7, 11) is 0. The number of aliphatic hydroxyl groups is 1. The predicted octanol–water partition coefficient (Wildman–Crippen LogP) is 3.03. The second-order valence-electron chi connectivity index (χ2n) is 5.91. The standard InChI is InChI=1S/C16H23NO3/c1-11-6-7-13(12(2)15(11)19)17-14(18)10-16(20)8-4-3-5-9-16/h6-7,19-20H,3-5,8-10H2,1-2H3,(H,17,18). The van der Waals surface area contributed by atoms with Crippen LogP contribution in [0.4, 0.5) is 5.69 Å². The van der Waals surface area contributed by atoms with Crippen LogP contribution < -0.4 is 5.32 Å². The average Bonchev–Trinajstić information content (AvgIpc) is 2.40. The number of anilines is 1. The Hall–Kier alpha value is -1.55. The fourth-order valence-corrected chi connectivity index (χ4v) is 2.85. The molecule has 2 rings (SSSR count). The van der Waals surface area contributed by atoms with Crippen molar-refractivity contribution < 1.29 is 15.0 Å². The summed E-state index contributed by atoms with van der Waals surface area (Å²) in [6.45, 7) is 3.59. The lowest BCUT2D eigenvalue weighted by Crippen LogP contribution is -2.36. The molecule has 3 N–H and O–H groups in total. The van der Waals surface area contributed by atoms with E-state index in [0.29, 0.717) is 24.1 Å². The van der Waals surface area contributed by atoms with E-state index in [-0.39, 0.29) is 18.1 Å². The molecule has 1 aliphatic rings. The maximum atomic E-state index is 12.1. The van der Waals surface area contributed by atoms with Crippen LogP contribution in [-0.4, -0.2) is 21.7 Å². The summed E-state index contributed by atoms with van der Waals surface area (Å²) in [4.78, 5) is 12.1. The molecule has 1 aliphatic carbocycles. The molecule has 0 saturated heterocycles. The number of aryl methyl sites for hydroxylation is 1. The van der Waals surface area contributed by atoms with Crippen LogP contribution in [-0.2, 0) is 4.79 Å². The quantitative estimate of drug-likeness (QED) is 0.795. The molecule has 110 valence electrons. The molecule has 0 aliphatic heterocycles. The second kappa shape index (κ2) is 5.83. The molecule has 1 saturated carbocycles. The van der Waals surface area contributed by atoms with Gasteiger partial charge in [-0.3, -0.25) is 4.79 Å². The van der Waals surface area contributed by atoms with E-state index in [9.17, 15) is 15.0 Å². The van der Waals surface area contributed by atoms with Gasteiger partial charge in [0.15, 0.2) is 0 Å². The molecule has 0 atom stereocenters. The van der Waals surface area contributed by atoms with Crippen molar-refractivity contribution in [3.8, 4) is 5.75 Å². The third kappa shape index (κ3) is 3.31. The number of phenols is 1. The van der Waals surface area contributed by atoms with Gasteiger partial charge in [-0.05, 0) is 38.3 Å². The van der Waals surface area contributed by atoms with Crippen molar-refractivity contribution in [3.63, 3.8) is 0 Å². The van der Waals surface area contributed by atoms with Crippen LogP contribution in [0, 0.1) is 13.8 Å². The van der Waals surface area contributed by atoms with Crippen molar-refractivity contribution in [1.82, 2.24) is 0 Å². The molecule has 0 heterocycles. The van der Waals surface area contributed by atoms with Gasteiger partial charge < -0.3 is 15.5 Å². The third-order valence-electron chi connectivity index (χ3n) is 4.18. The zero-order valence-corrected chi connectivity index (χ0v) is 12.2. The molecule has 4 nitrogen and oxygen atoms in total. The molecule has 1 fully saturated rings. The van der Waals surface area contributed by atoms with Gasteiger partial charge in [0.25, 0.3) is 0 Å². The SMILES string of the molecule is Cc1ccc(NC(=O)CC2(O)CCCCC2)c(C)c1O. The molecule has 1 aromatic carbocycles. The highest BCUT2D eigenvalue weighted by Crippen LogP contribution is 2.32. The monoisotopic (exact) mass is 277 g/mol. The molecule has 0 unspecified atom stereocenters. The van der Waals surface area contributed by atoms with Gasteiger partial charge in [-0.1, -0.05) is 25.3 Å². The van der Waals surface area contributed by atoms with E-state index in [1.807, 2.05) is 6.92 Å². The van der Waals surface area contributed by atoms with Crippen LogP contribution in [0.5, 0.6) is 5.75 Å². The van der Waals surface area contributed by atoms with E-state index in [1.165, 1.54) is 0 Å². The summed E-state index contributed by atoms with van der Waals surface area (Å²) in [5.41, 5.74) is 1.20. The lowest BCUT2D eigenvalue weighted by molar-refractivity contribution is -0.122. The molecule has 0 aromatic heterocycles. The van der Waals surface area contributed by atoms with E-state index in [2.05, 4.69) is 5.32 Å². The zero-order chi connectivity index (χ0) is 14.8. The Bertz CT molecular complexity index is 505.